The van der Waals surface area contributed by atoms with Gasteiger partial charge in [-0.3, -0.25) is 4.90 Å². The number of nitrogens with zero attached hydrogens (tertiary/aromatic N) is 2. The number of nitrogens with two attached hydrogens (primary N) is 2. The number of fused-ring (bicyclic) bond motifs is 1. The number of nitrogen functional groups attached to an aromatic ring is 1. The van der Waals surface area contributed by atoms with Crippen LogP contribution in [0.25, 0.3) is 0 Å². The first-order valence-corrected chi connectivity index (χ1v) is 11.2. The molecule has 0 saturated carbocycles. The molecule has 8 heteroatoms. The normalized spacial score (nSPS) is 21.1. The number of anilines is 2. The molecular weight excluding hydrogens is 406 g/mol. The van der Waals surface area contributed by atoms with Gasteiger partial charge in [0, 0.05) is 44.1 Å². The lowest BCUT2D eigenvalue weighted by Gasteiger charge is -2.42. The molecule has 2 amide bonds. The lowest BCUT2D eigenvalue weighted by Crippen LogP contribution is -2.51. The van der Waals surface area contributed by atoms with Crippen molar-refractivity contribution in [1.82, 2.24) is 10.2 Å². The molecule has 2 aromatic carbocycles. The second-order valence-corrected chi connectivity index (χ2v) is 8.50. The van der Waals surface area contributed by atoms with E-state index in [0.717, 1.165) is 62.6 Å². The Morgan fingerprint density at radius 1 is 1.16 bits per heavy atom. The molecule has 0 radical (unpaired) electrons. The highest BCUT2D eigenvalue weighted by molar-refractivity contribution is 5.71. The van der Waals surface area contributed by atoms with E-state index in [0.29, 0.717) is 13.2 Å². The quantitative estimate of drug-likeness (QED) is 0.569. The standard InChI is InChI=1S/C24H33N5O3/c1-31-21-5-3-20(4-6-21)29-13-11-28(12-14-29)10-9-24(17-27-23(26)30)22-7-2-19(25)16-18(22)8-15-32-24/h2-7,16H,8-15,17,25H2,1H3,(H3,26,27,30). The van der Waals surface area contributed by atoms with Gasteiger partial charge in [0.25, 0.3) is 0 Å². The van der Waals surface area contributed by atoms with Crippen molar-refractivity contribution in [3.63, 3.8) is 0 Å². The van der Waals surface area contributed by atoms with Crippen molar-refractivity contribution >= 4 is 17.4 Å². The number of piperazine rings is 1. The maximum absolute atomic E-state index is 11.5. The summed E-state index contributed by atoms with van der Waals surface area (Å²) in [5.41, 5.74) is 15.1. The van der Waals surface area contributed by atoms with Gasteiger partial charge in [0.05, 0.1) is 20.3 Å². The minimum Gasteiger partial charge on any atom is -0.497 e. The van der Waals surface area contributed by atoms with Crippen LogP contribution in [0.5, 0.6) is 5.75 Å². The summed E-state index contributed by atoms with van der Waals surface area (Å²) in [5, 5.41) is 2.78. The number of primary amides is 1. The maximum atomic E-state index is 11.5. The van der Waals surface area contributed by atoms with Crippen molar-refractivity contribution < 1.29 is 14.3 Å². The SMILES string of the molecule is COc1ccc(N2CCN(CCC3(CNC(N)=O)OCCc4cc(N)ccc43)CC2)cc1. The molecule has 1 unspecified atom stereocenters. The van der Waals surface area contributed by atoms with E-state index in [1.807, 2.05) is 30.3 Å². The topological polar surface area (TPSA) is 106 Å². The molecule has 172 valence electrons. The second kappa shape index (κ2) is 9.67. The zero-order valence-corrected chi connectivity index (χ0v) is 18.7. The van der Waals surface area contributed by atoms with Gasteiger partial charge in [-0.05, 0) is 60.4 Å². The van der Waals surface area contributed by atoms with Crippen molar-refractivity contribution in [1.29, 1.82) is 0 Å². The third kappa shape index (κ3) is 4.92. The van der Waals surface area contributed by atoms with Crippen LogP contribution in [0, 0.1) is 0 Å². The van der Waals surface area contributed by atoms with Crippen LogP contribution in [-0.2, 0) is 16.8 Å². The molecule has 32 heavy (non-hydrogen) atoms. The summed E-state index contributed by atoms with van der Waals surface area (Å²) in [5.74, 6) is 0.872. The van der Waals surface area contributed by atoms with E-state index in [-0.39, 0.29) is 0 Å². The van der Waals surface area contributed by atoms with Gasteiger partial charge in [-0.2, -0.15) is 0 Å². The summed E-state index contributed by atoms with van der Waals surface area (Å²) in [4.78, 5) is 16.3. The average Bonchev–Trinajstić information content (AvgIpc) is 2.82. The number of urea groups is 1. The van der Waals surface area contributed by atoms with Crippen LogP contribution in [0.3, 0.4) is 0 Å². The van der Waals surface area contributed by atoms with Crippen molar-refractivity contribution in [3.05, 3.63) is 53.6 Å². The van der Waals surface area contributed by atoms with Gasteiger partial charge in [0.2, 0.25) is 0 Å². The smallest absolute Gasteiger partial charge is 0.312 e. The Kier molecular flexibility index (Phi) is 6.72. The molecule has 1 saturated heterocycles. The highest BCUT2D eigenvalue weighted by Crippen LogP contribution is 2.37. The third-order valence-electron chi connectivity index (χ3n) is 6.56. The lowest BCUT2D eigenvalue weighted by atomic mass is 9.83. The lowest BCUT2D eigenvalue weighted by molar-refractivity contribution is -0.0679. The number of nitrogens with one attached hydrogen (secondary N) is 1. The van der Waals surface area contributed by atoms with Crippen molar-refractivity contribution in [3.8, 4) is 5.75 Å². The van der Waals surface area contributed by atoms with Crippen LogP contribution in [0.15, 0.2) is 42.5 Å². The fourth-order valence-corrected chi connectivity index (χ4v) is 4.73. The van der Waals surface area contributed by atoms with E-state index in [2.05, 4.69) is 27.2 Å². The summed E-state index contributed by atoms with van der Waals surface area (Å²) >= 11 is 0. The maximum Gasteiger partial charge on any atom is 0.312 e. The van der Waals surface area contributed by atoms with E-state index in [1.165, 1.54) is 11.3 Å². The van der Waals surface area contributed by atoms with Gasteiger partial charge in [-0.1, -0.05) is 6.07 Å². The molecule has 0 aliphatic carbocycles. The van der Waals surface area contributed by atoms with E-state index in [9.17, 15) is 4.79 Å². The molecule has 2 aliphatic rings. The third-order valence-corrected chi connectivity index (χ3v) is 6.56. The Labute approximate surface area is 189 Å². The number of hydrogen-bond donors (Lipinski definition) is 3. The van der Waals surface area contributed by atoms with Crippen molar-refractivity contribution in [2.24, 2.45) is 5.73 Å². The van der Waals surface area contributed by atoms with Crippen LogP contribution in [0.1, 0.15) is 17.5 Å². The van der Waals surface area contributed by atoms with Crippen LogP contribution < -0.4 is 26.4 Å². The number of benzene rings is 2. The first kappa shape index (κ1) is 22.2. The number of carbonyl (C=O) groups excluding carboxylic acids is 1. The largest absolute Gasteiger partial charge is 0.497 e. The Morgan fingerprint density at radius 3 is 2.59 bits per heavy atom. The first-order valence-electron chi connectivity index (χ1n) is 11.2. The van der Waals surface area contributed by atoms with Gasteiger partial charge in [-0.25, -0.2) is 4.79 Å². The summed E-state index contributed by atoms with van der Waals surface area (Å²) in [7, 11) is 1.68. The molecule has 0 spiro atoms. The molecule has 2 aromatic rings. The summed E-state index contributed by atoms with van der Waals surface area (Å²) in [6, 6.07) is 13.6. The fraction of sp³-hybridized carbons (Fsp3) is 0.458. The predicted molar refractivity (Wildman–Crippen MR) is 126 cm³/mol. The monoisotopic (exact) mass is 439 g/mol. The van der Waals surface area contributed by atoms with Crippen molar-refractivity contribution in [2.75, 3.05) is 63.6 Å². The molecule has 2 aliphatic heterocycles. The zero-order valence-electron chi connectivity index (χ0n) is 18.7. The molecular formula is C24H33N5O3. The fourth-order valence-electron chi connectivity index (χ4n) is 4.73. The molecule has 0 aromatic heterocycles. The molecule has 0 bridgehead atoms. The molecule has 1 fully saturated rings. The number of rotatable bonds is 7. The van der Waals surface area contributed by atoms with Crippen LogP contribution >= 0.6 is 0 Å². The van der Waals surface area contributed by atoms with Crippen LogP contribution in [0.4, 0.5) is 16.2 Å². The molecule has 5 N–H and O–H groups in total. The number of hydrogen-bond acceptors (Lipinski definition) is 6. The minimum absolute atomic E-state index is 0.352. The Morgan fingerprint density at radius 2 is 1.91 bits per heavy atom. The first-order chi connectivity index (χ1) is 15.5. The van der Waals surface area contributed by atoms with Crippen molar-refractivity contribution in [2.45, 2.75) is 18.4 Å². The summed E-state index contributed by atoms with van der Waals surface area (Å²) < 4.78 is 11.6. The van der Waals surface area contributed by atoms with Gasteiger partial charge < -0.3 is 31.2 Å². The number of carbonyl (C=O) groups is 1. The van der Waals surface area contributed by atoms with E-state index in [4.69, 9.17) is 20.9 Å². The minimum atomic E-state index is -0.594. The van der Waals surface area contributed by atoms with Crippen LogP contribution in [0.2, 0.25) is 0 Å². The highest BCUT2D eigenvalue weighted by atomic mass is 16.5. The Hall–Kier alpha value is -2.97. The highest BCUT2D eigenvalue weighted by Gasteiger charge is 2.38. The number of methoxy groups -OCH3 is 1. The zero-order chi connectivity index (χ0) is 22.6. The average molecular weight is 440 g/mol. The Balaban J connectivity index is 1.41. The van der Waals surface area contributed by atoms with Gasteiger partial charge in [-0.15, -0.1) is 0 Å². The second-order valence-electron chi connectivity index (χ2n) is 8.50. The van der Waals surface area contributed by atoms with E-state index < -0.39 is 11.6 Å². The Bertz CT molecular complexity index is 928. The molecule has 2 heterocycles. The summed E-state index contributed by atoms with van der Waals surface area (Å²) in [6.07, 6.45) is 1.59. The predicted octanol–water partition coefficient (Wildman–Crippen LogP) is 1.93. The molecule has 4 rings (SSSR count). The van der Waals surface area contributed by atoms with E-state index in [1.54, 1.807) is 7.11 Å². The van der Waals surface area contributed by atoms with Crippen LogP contribution in [-0.4, -0.2) is 63.9 Å². The van der Waals surface area contributed by atoms with Gasteiger partial charge in [0.15, 0.2) is 0 Å². The number of amides is 2. The number of ether oxygens (including phenoxy) is 2. The van der Waals surface area contributed by atoms with Gasteiger partial charge in [0.1, 0.15) is 11.4 Å². The van der Waals surface area contributed by atoms with Gasteiger partial charge >= 0.3 is 6.03 Å². The molecule has 1 atom stereocenters. The van der Waals surface area contributed by atoms with E-state index >= 15 is 0 Å². The summed E-state index contributed by atoms with van der Waals surface area (Å²) in [6.45, 7) is 5.70. The molecule has 8 nitrogen and oxygen atoms in total.